The molecule has 1 aliphatic heterocycles. The Kier molecular flexibility index (Phi) is 5.80. The van der Waals surface area contributed by atoms with Crippen LogP contribution in [0.1, 0.15) is 22.8 Å². The molecule has 1 fully saturated rings. The molecule has 2 aromatic rings. The largest absolute Gasteiger partial charge is 0.345 e. The predicted octanol–water partition coefficient (Wildman–Crippen LogP) is 2.45. The second-order valence-electron chi connectivity index (χ2n) is 7.25. The van der Waals surface area contributed by atoms with Crippen LogP contribution in [0.2, 0.25) is 5.02 Å². The van der Waals surface area contributed by atoms with E-state index in [2.05, 4.69) is 10.6 Å². The third kappa shape index (κ3) is 3.99. The molecule has 1 unspecified atom stereocenters. The lowest BCUT2D eigenvalue weighted by atomic mass is 9.92. The van der Waals surface area contributed by atoms with Crippen LogP contribution in [0.3, 0.4) is 0 Å². The molecule has 0 saturated carbocycles. The van der Waals surface area contributed by atoms with Crippen molar-refractivity contribution in [1.82, 2.24) is 15.1 Å². The zero-order valence-corrected chi connectivity index (χ0v) is 17.5. The number of urea groups is 1. The van der Waals surface area contributed by atoms with E-state index < -0.39 is 29.9 Å². The highest BCUT2D eigenvalue weighted by Crippen LogP contribution is 2.33. The highest BCUT2D eigenvalue weighted by molar-refractivity contribution is 6.32. The summed E-state index contributed by atoms with van der Waals surface area (Å²) >= 11 is 6.19. The van der Waals surface area contributed by atoms with Gasteiger partial charge in [-0.05, 0) is 37.3 Å². The van der Waals surface area contributed by atoms with Crippen LogP contribution in [-0.4, -0.2) is 54.2 Å². The smallest absolute Gasteiger partial charge is 0.325 e. The number of carbonyl (C=O) groups excluding carboxylic acids is 4. The van der Waals surface area contributed by atoms with Gasteiger partial charge in [0, 0.05) is 35.9 Å². The van der Waals surface area contributed by atoms with Crippen LogP contribution in [0.4, 0.5) is 10.5 Å². The first-order valence-corrected chi connectivity index (χ1v) is 9.52. The van der Waals surface area contributed by atoms with Gasteiger partial charge in [-0.2, -0.15) is 0 Å². The molecule has 3 rings (SSSR count). The third-order valence-electron chi connectivity index (χ3n) is 4.81. The van der Waals surface area contributed by atoms with Gasteiger partial charge in [0.25, 0.3) is 11.8 Å². The van der Waals surface area contributed by atoms with E-state index in [1.54, 1.807) is 69.6 Å². The highest BCUT2D eigenvalue weighted by Gasteiger charge is 2.50. The van der Waals surface area contributed by atoms with Gasteiger partial charge in [0.15, 0.2) is 0 Å². The Morgan fingerprint density at radius 1 is 1.10 bits per heavy atom. The molecule has 9 heteroatoms. The number of carbonyl (C=O) groups is 4. The van der Waals surface area contributed by atoms with Crippen LogP contribution < -0.4 is 10.6 Å². The number of imide groups is 1. The zero-order valence-electron chi connectivity index (χ0n) is 16.7. The summed E-state index contributed by atoms with van der Waals surface area (Å²) in [5.74, 6) is -1.28. The molecule has 1 saturated heterocycles. The fourth-order valence-corrected chi connectivity index (χ4v) is 3.51. The van der Waals surface area contributed by atoms with E-state index >= 15 is 0 Å². The Balaban J connectivity index is 1.70. The van der Waals surface area contributed by atoms with Gasteiger partial charge < -0.3 is 15.5 Å². The molecular weight excluding hydrogens is 408 g/mol. The van der Waals surface area contributed by atoms with Gasteiger partial charge in [-0.15, -0.1) is 0 Å². The van der Waals surface area contributed by atoms with E-state index in [1.807, 2.05) is 0 Å². The number of nitrogens with zero attached hydrogens (tertiary/aromatic N) is 2. The van der Waals surface area contributed by atoms with E-state index in [0.717, 1.165) is 4.90 Å². The average molecular weight is 429 g/mol. The quantitative estimate of drug-likeness (QED) is 0.714. The topological polar surface area (TPSA) is 98.8 Å². The molecule has 30 heavy (non-hydrogen) atoms. The van der Waals surface area contributed by atoms with E-state index in [4.69, 9.17) is 11.6 Å². The van der Waals surface area contributed by atoms with Crippen molar-refractivity contribution in [1.29, 1.82) is 0 Å². The lowest BCUT2D eigenvalue weighted by Crippen LogP contribution is -2.42. The summed E-state index contributed by atoms with van der Waals surface area (Å²) in [5.41, 5.74) is 0.0112. The Bertz CT molecular complexity index is 1020. The minimum absolute atomic E-state index is 0.161. The maximum Gasteiger partial charge on any atom is 0.325 e. The lowest BCUT2D eigenvalue weighted by molar-refractivity contribution is -0.133. The normalized spacial score (nSPS) is 18.2. The summed E-state index contributed by atoms with van der Waals surface area (Å²) in [6.45, 7) is 1.09. The Labute approximate surface area is 178 Å². The molecular formula is C21H21ClN4O4. The van der Waals surface area contributed by atoms with Crippen molar-refractivity contribution in [2.24, 2.45) is 0 Å². The minimum Gasteiger partial charge on any atom is -0.345 e. The molecule has 0 spiro atoms. The van der Waals surface area contributed by atoms with Gasteiger partial charge in [-0.3, -0.25) is 19.3 Å². The Hall–Kier alpha value is -3.39. The van der Waals surface area contributed by atoms with E-state index in [9.17, 15) is 19.2 Å². The molecule has 0 bridgehead atoms. The molecule has 8 nitrogen and oxygen atoms in total. The standard InChI is InChI=1S/C21H21ClN4O4/c1-21(15-6-4-5-7-16(15)22)19(29)26(20(30)24-21)12-17(27)23-14-10-8-13(9-11-14)18(28)25(2)3/h4-11H,12H2,1-3H3,(H,23,27)(H,24,30). The van der Waals surface area contributed by atoms with Crippen LogP contribution in [0.5, 0.6) is 0 Å². The first-order chi connectivity index (χ1) is 14.1. The predicted molar refractivity (Wildman–Crippen MR) is 112 cm³/mol. The van der Waals surface area contributed by atoms with E-state index in [-0.39, 0.29) is 5.91 Å². The number of anilines is 1. The van der Waals surface area contributed by atoms with Gasteiger partial charge in [0.05, 0.1) is 0 Å². The Morgan fingerprint density at radius 3 is 2.33 bits per heavy atom. The number of hydrogen-bond acceptors (Lipinski definition) is 4. The molecule has 1 aliphatic rings. The first kappa shape index (κ1) is 21.3. The van der Waals surface area contributed by atoms with Crippen LogP contribution >= 0.6 is 11.6 Å². The van der Waals surface area contributed by atoms with Crippen LogP contribution in [-0.2, 0) is 15.1 Å². The van der Waals surface area contributed by atoms with Crippen LogP contribution in [0.15, 0.2) is 48.5 Å². The second-order valence-corrected chi connectivity index (χ2v) is 7.66. The summed E-state index contributed by atoms with van der Waals surface area (Å²) in [5, 5.41) is 5.58. The number of amides is 5. The van der Waals surface area contributed by atoms with E-state index in [1.165, 1.54) is 4.90 Å². The second kappa shape index (κ2) is 8.16. The van der Waals surface area contributed by atoms with Gasteiger partial charge in [-0.25, -0.2) is 4.79 Å². The van der Waals surface area contributed by atoms with Crippen molar-refractivity contribution < 1.29 is 19.2 Å². The number of rotatable bonds is 5. The molecule has 2 N–H and O–H groups in total. The van der Waals surface area contributed by atoms with Crippen molar-refractivity contribution in [3.05, 3.63) is 64.7 Å². The molecule has 0 aliphatic carbocycles. The number of nitrogens with one attached hydrogen (secondary N) is 2. The minimum atomic E-state index is -1.36. The monoisotopic (exact) mass is 428 g/mol. The van der Waals surface area contributed by atoms with Crippen molar-refractivity contribution in [3.8, 4) is 0 Å². The summed E-state index contributed by atoms with van der Waals surface area (Å²) in [6.07, 6.45) is 0. The van der Waals surface area contributed by atoms with Crippen molar-refractivity contribution in [3.63, 3.8) is 0 Å². The number of hydrogen-bond donors (Lipinski definition) is 2. The van der Waals surface area contributed by atoms with Crippen molar-refractivity contribution in [2.45, 2.75) is 12.5 Å². The average Bonchev–Trinajstić information content (AvgIpc) is 2.92. The third-order valence-corrected chi connectivity index (χ3v) is 5.14. The SMILES string of the molecule is CN(C)C(=O)c1ccc(NC(=O)CN2C(=O)NC(C)(c3ccccc3Cl)C2=O)cc1. The van der Waals surface area contributed by atoms with Gasteiger partial charge in [0.1, 0.15) is 12.1 Å². The van der Waals surface area contributed by atoms with Crippen molar-refractivity contribution in [2.75, 3.05) is 26.0 Å². The summed E-state index contributed by atoms with van der Waals surface area (Å²) in [7, 11) is 3.29. The fourth-order valence-electron chi connectivity index (χ4n) is 3.19. The molecule has 1 atom stereocenters. The number of halogens is 1. The van der Waals surface area contributed by atoms with Crippen LogP contribution in [0.25, 0.3) is 0 Å². The van der Waals surface area contributed by atoms with Gasteiger partial charge in [-0.1, -0.05) is 29.8 Å². The maximum absolute atomic E-state index is 12.9. The summed E-state index contributed by atoms with van der Waals surface area (Å²) in [4.78, 5) is 51.9. The van der Waals surface area contributed by atoms with Gasteiger partial charge >= 0.3 is 6.03 Å². The highest BCUT2D eigenvalue weighted by atomic mass is 35.5. The lowest BCUT2D eigenvalue weighted by Gasteiger charge is -2.23. The van der Waals surface area contributed by atoms with Crippen LogP contribution in [0, 0.1) is 0 Å². The molecule has 5 amide bonds. The fraction of sp³-hybridized carbons (Fsp3) is 0.238. The van der Waals surface area contributed by atoms with E-state index in [0.29, 0.717) is 21.8 Å². The first-order valence-electron chi connectivity index (χ1n) is 9.14. The Morgan fingerprint density at radius 2 is 1.73 bits per heavy atom. The van der Waals surface area contributed by atoms with Crippen molar-refractivity contribution >= 4 is 41.0 Å². The maximum atomic E-state index is 12.9. The summed E-state index contributed by atoms with van der Waals surface area (Å²) in [6, 6.07) is 12.4. The summed E-state index contributed by atoms with van der Waals surface area (Å²) < 4.78 is 0. The molecule has 1 heterocycles. The molecule has 0 radical (unpaired) electrons. The molecule has 2 aromatic carbocycles. The molecule has 0 aromatic heterocycles. The molecule has 156 valence electrons. The zero-order chi connectivity index (χ0) is 22.1. The van der Waals surface area contributed by atoms with Gasteiger partial charge in [0.2, 0.25) is 5.91 Å². The number of benzene rings is 2.